The van der Waals surface area contributed by atoms with Gasteiger partial charge in [0.15, 0.2) is 5.75 Å². The Morgan fingerprint density at radius 1 is 1.00 bits per heavy atom. The molecule has 0 spiro atoms. The van der Waals surface area contributed by atoms with Crippen LogP contribution >= 0.6 is 0 Å². The van der Waals surface area contributed by atoms with Crippen LogP contribution in [0.25, 0.3) is 11.3 Å². The van der Waals surface area contributed by atoms with Gasteiger partial charge in [-0.1, -0.05) is 18.2 Å². The number of nitrogens with one attached hydrogen (secondary N) is 3. The summed E-state index contributed by atoms with van der Waals surface area (Å²) < 4.78 is 122. The monoisotopic (exact) mass is 632 g/mol. The SMILES string of the molecule is NC(=O)c1c(-c2ccc(NS(=O)(=O)CC(F)(F)F)cc2OCc2ccc(F)cc2)n[nH]c1Nc1cccc(C(F)(F)F)n1. The summed E-state index contributed by atoms with van der Waals surface area (Å²) in [5.74, 6) is -4.59. The first-order chi connectivity index (χ1) is 20.0. The van der Waals surface area contributed by atoms with Crippen molar-refractivity contribution in [2.45, 2.75) is 19.0 Å². The van der Waals surface area contributed by atoms with Crippen LogP contribution in [0.15, 0.2) is 60.7 Å². The second-order valence-electron chi connectivity index (χ2n) is 8.82. The number of aromatic nitrogens is 3. The minimum Gasteiger partial charge on any atom is -0.488 e. The number of primary amides is 1. The van der Waals surface area contributed by atoms with Crippen LogP contribution in [-0.2, 0) is 22.8 Å². The quantitative estimate of drug-likeness (QED) is 0.172. The molecule has 0 unspecified atom stereocenters. The van der Waals surface area contributed by atoms with Gasteiger partial charge in [-0.05, 0) is 42.0 Å². The molecule has 228 valence electrons. The average Bonchev–Trinajstić information content (AvgIpc) is 3.30. The predicted molar refractivity (Wildman–Crippen MR) is 139 cm³/mol. The number of sulfonamides is 1. The van der Waals surface area contributed by atoms with Gasteiger partial charge in [0.1, 0.15) is 46.8 Å². The van der Waals surface area contributed by atoms with Crippen LogP contribution in [0.1, 0.15) is 21.6 Å². The second kappa shape index (κ2) is 11.8. The molecule has 2 aromatic carbocycles. The molecule has 43 heavy (non-hydrogen) atoms. The molecule has 0 atom stereocenters. The number of carbonyl (C=O) groups excluding carboxylic acids is 1. The van der Waals surface area contributed by atoms with Gasteiger partial charge in [0.2, 0.25) is 10.0 Å². The Morgan fingerprint density at radius 3 is 2.33 bits per heavy atom. The minimum atomic E-state index is -5.03. The van der Waals surface area contributed by atoms with Crippen molar-refractivity contribution in [1.82, 2.24) is 15.2 Å². The normalized spacial score (nSPS) is 12.2. The molecule has 5 N–H and O–H groups in total. The van der Waals surface area contributed by atoms with E-state index in [-0.39, 0.29) is 46.5 Å². The molecule has 0 radical (unpaired) electrons. The third-order valence-electron chi connectivity index (χ3n) is 5.48. The summed E-state index contributed by atoms with van der Waals surface area (Å²) in [4.78, 5) is 15.9. The molecular weight excluding hydrogens is 613 g/mol. The molecular formula is C25H19F7N6O4S. The average molecular weight is 633 g/mol. The highest BCUT2D eigenvalue weighted by molar-refractivity contribution is 7.92. The van der Waals surface area contributed by atoms with Crippen LogP contribution < -0.4 is 20.5 Å². The first-order valence-corrected chi connectivity index (χ1v) is 13.4. The number of halogens is 7. The third kappa shape index (κ3) is 8.12. The number of anilines is 3. The van der Waals surface area contributed by atoms with E-state index in [9.17, 15) is 43.9 Å². The number of nitrogens with zero attached hydrogens (tertiary/aromatic N) is 2. The van der Waals surface area contributed by atoms with Crippen LogP contribution in [0.4, 0.5) is 48.1 Å². The highest BCUT2D eigenvalue weighted by Crippen LogP contribution is 2.37. The lowest BCUT2D eigenvalue weighted by Gasteiger charge is -2.15. The van der Waals surface area contributed by atoms with Gasteiger partial charge in [-0.2, -0.15) is 31.4 Å². The van der Waals surface area contributed by atoms with Crippen molar-refractivity contribution in [2.75, 3.05) is 15.8 Å². The Hall–Kier alpha value is -4.87. The second-order valence-corrected chi connectivity index (χ2v) is 10.5. The fraction of sp³-hybridized carbons (Fsp3) is 0.160. The van der Waals surface area contributed by atoms with Crippen LogP contribution in [0.5, 0.6) is 5.75 Å². The molecule has 0 aliphatic rings. The van der Waals surface area contributed by atoms with E-state index in [0.29, 0.717) is 5.56 Å². The molecule has 2 aromatic heterocycles. The highest BCUT2D eigenvalue weighted by atomic mass is 32.2. The van der Waals surface area contributed by atoms with Gasteiger partial charge in [-0.3, -0.25) is 14.6 Å². The zero-order valence-corrected chi connectivity index (χ0v) is 22.2. The lowest BCUT2D eigenvalue weighted by Crippen LogP contribution is -2.27. The Morgan fingerprint density at radius 2 is 1.70 bits per heavy atom. The van der Waals surface area contributed by atoms with Crippen molar-refractivity contribution in [1.29, 1.82) is 0 Å². The maximum Gasteiger partial charge on any atom is 0.433 e. The molecule has 0 aliphatic heterocycles. The Bertz CT molecular complexity index is 1740. The number of amides is 1. The maximum atomic E-state index is 13.3. The van der Waals surface area contributed by atoms with E-state index >= 15 is 0 Å². The number of H-pyrrole nitrogens is 1. The van der Waals surface area contributed by atoms with Crippen LogP contribution in [0, 0.1) is 5.82 Å². The number of carbonyl (C=O) groups is 1. The van der Waals surface area contributed by atoms with Crippen molar-refractivity contribution in [3.63, 3.8) is 0 Å². The Labute approximate surface area is 238 Å². The van der Waals surface area contributed by atoms with E-state index in [2.05, 4.69) is 20.5 Å². The smallest absolute Gasteiger partial charge is 0.433 e. The lowest BCUT2D eigenvalue weighted by molar-refractivity contribution is -0.141. The van der Waals surface area contributed by atoms with Gasteiger partial charge in [-0.25, -0.2) is 17.8 Å². The summed E-state index contributed by atoms with van der Waals surface area (Å²) in [5.41, 5.74) is 3.82. The number of hydrogen-bond acceptors (Lipinski definition) is 7. The molecule has 1 amide bonds. The molecule has 4 aromatic rings. The summed E-state index contributed by atoms with van der Waals surface area (Å²) in [7, 11) is -4.89. The number of rotatable bonds is 10. The third-order valence-corrected chi connectivity index (χ3v) is 6.73. The predicted octanol–water partition coefficient (Wildman–Crippen LogP) is 5.36. The molecule has 18 heteroatoms. The zero-order chi connectivity index (χ0) is 31.6. The number of benzene rings is 2. The molecule has 0 fully saturated rings. The van der Waals surface area contributed by atoms with Gasteiger partial charge < -0.3 is 15.8 Å². The molecule has 0 saturated carbocycles. The van der Waals surface area contributed by atoms with Gasteiger partial charge in [0.25, 0.3) is 5.91 Å². The summed E-state index contributed by atoms with van der Waals surface area (Å²) >= 11 is 0. The van der Waals surface area contributed by atoms with Crippen molar-refractivity contribution in [3.8, 4) is 17.0 Å². The molecule has 10 nitrogen and oxygen atoms in total. The molecule has 0 saturated heterocycles. The number of alkyl halides is 6. The minimum absolute atomic E-state index is 0.0176. The molecule has 0 aliphatic carbocycles. The molecule has 2 heterocycles. The number of pyridine rings is 1. The van der Waals surface area contributed by atoms with E-state index < -0.39 is 45.5 Å². The van der Waals surface area contributed by atoms with Gasteiger partial charge in [-0.15, -0.1) is 0 Å². The van der Waals surface area contributed by atoms with Gasteiger partial charge in [0.05, 0.1) is 5.69 Å². The maximum absolute atomic E-state index is 13.3. The molecule has 4 rings (SSSR count). The summed E-state index contributed by atoms with van der Waals surface area (Å²) in [6, 6.07) is 11.3. The van der Waals surface area contributed by atoms with E-state index in [1.165, 1.54) is 24.3 Å². The fourth-order valence-corrected chi connectivity index (χ4v) is 4.72. The van der Waals surface area contributed by atoms with Crippen LogP contribution in [0.2, 0.25) is 0 Å². The zero-order valence-electron chi connectivity index (χ0n) is 21.3. The number of ether oxygens (including phenoxy) is 1. The summed E-state index contributed by atoms with van der Waals surface area (Å²) in [6.07, 6.45) is -9.79. The Balaban J connectivity index is 1.74. The van der Waals surface area contributed by atoms with Crippen molar-refractivity contribution in [3.05, 3.63) is 83.3 Å². The topological polar surface area (TPSA) is 152 Å². The summed E-state index contributed by atoms with van der Waals surface area (Å²) in [6.45, 7) is -0.248. The number of hydrogen-bond donors (Lipinski definition) is 4. The van der Waals surface area contributed by atoms with Gasteiger partial charge >= 0.3 is 12.4 Å². The number of aromatic amines is 1. The first-order valence-electron chi connectivity index (χ1n) is 11.8. The fourth-order valence-electron chi connectivity index (χ4n) is 3.73. The number of nitrogens with two attached hydrogens (primary N) is 1. The lowest BCUT2D eigenvalue weighted by atomic mass is 10.0. The Kier molecular flexibility index (Phi) is 8.52. The largest absolute Gasteiger partial charge is 0.488 e. The van der Waals surface area contributed by atoms with E-state index in [1.807, 2.05) is 0 Å². The highest BCUT2D eigenvalue weighted by Gasteiger charge is 2.35. The molecule has 0 bridgehead atoms. The van der Waals surface area contributed by atoms with E-state index in [1.54, 1.807) is 4.72 Å². The van der Waals surface area contributed by atoms with Crippen molar-refractivity contribution >= 4 is 33.3 Å². The van der Waals surface area contributed by atoms with Crippen molar-refractivity contribution < 1.29 is 48.7 Å². The van der Waals surface area contributed by atoms with Crippen LogP contribution in [-0.4, -0.2) is 41.4 Å². The van der Waals surface area contributed by atoms with Crippen LogP contribution in [0.3, 0.4) is 0 Å². The van der Waals surface area contributed by atoms with E-state index in [0.717, 1.165) is 36.4 Å². The van der Waals surface area contributed by atoms with E-state index in [4.69, 9.17) is 10.5 Å². The van der Waals surface area contributed by atoms with Gasteiger partial charge in [0, 0.05) is 11.6 Å². The summed E-state index contributed by atoms with van der Waals surface area (Å²) in [5, 5.41) is 8.93. The van der Waals surface area contributed by atoms with Crippen molar-refractivity contribution in [2.24, 2.45) is 5.73 Å². The first kappa shape index (κ1) is 31.1. The standard InChI is InChI=1S/C25H19F7N6O4S/c26-14-6-4-13(5-7-14)11-42-17-10-15(38-43(40,41)12-24(27,28)29)8-9-16(17)21-20(22(33)39)23(37-36-21)35-19-3-1-2-18(34-19)25(30,31)32/h1-10,38H,11-12H2,(H2,33,39)(H2,34,35,36,37).